The van der Waals surface area contributed by atoms with E-state index in [2.05, 4.69) is 0 Å². The lowest BCUT2D eigenvalue weighted by Gasteiger charge is -2.34. The standard InChI is InChI=1S/C22H28O3/c1-16(9-6-7-14-23)10-8-11-17(2)12-13-19-18(3)21(25)20(24)15-22(19,4)5/h6-14,20,24H,15H2,1-5H3/b7-6+,10-8+,13-12+,16-9+,17-11+. The van der Waals surface area contributed by atoms with Gasteiger partial charge in [-0.3, -0.25) is 9.59 Å². The molecule has 3 heteroatoms. The Morgan fingerprint density at radius 2 is 1.68 bits per heavy atom. The topological polar surface area (TPSA) is 54.4 Å². The predicted molar refractivity (Wildman–Crippen MR) is 103 cm³/mol. The SMILES string of the molecule is CC1=C(/C=C/C(C)=C/C=C/C(C)=C/C=C/C=O)C(C)(C)CC(O)C1=O. The van der Waals surface area contributed by atoms with Crippen LogP contribution in [0.15, 0.2) is 70.9 Å². The van der Waals surface area contributed by atoms with Gasteiger partial charge < -0.3 is 5.11 Å². The second-order valence-electron chi connectivity index (χ2n) is 7.04. The minimum Gasteiger partial charge on any atom is -0.385 e. The molecular weight excluding hydrogens is 312 g/mol. The molecule has 1 unspecified atom stereocenters. The molecule has 0 bridgehead atoms. The van der Waals surface area contributed by atoms with E-state index in [1.807, 2.05) is 64.2 Å². The molecule has 0 heterocycles. The van der Waals surface area contributed by atoms with Gasteiger partial charge in [-0.2, -0.15) is 0 Å². The highest BCUT2D eigenvalue weighted by Gasteiger charge is 2.36. The fraction of sp³-hybridized carbons (Fsp3) is 0.364. The summed E-state index contributed by atoms with van der Waals surface area (Å²) < 4.78 is 0. The van der Waals surface area contributed by atoms with Crippen LogP contribution in [0.1, 0.15) is 41.0 Å². The lowest BCUT2D eigenvalue weighted by Crippen LogP contribution is -2.35. The first-order chi connectivity index (χ1) is 11.7. The van der Waals surface area contributed by atoms with Crippen LogP contribution >= 0.6 is 0 Å². The normalized spacial score (nSPS) is 22.6. The molecule has 0 fully saturated rings. The predicted octanol–water partition coefficient (Wildman–Crippen LogP) is 4.42. The monoisotopic (exact) mass is 340 g/mol. The molecule has 0 aromatic rings. The van der Waals surface area contributed by atoms with Crippen LogP contribution in [0, 0.1) is 5.41 Å². The number of hydrogen-bond donors (Lipinski definition) is 1. The van der Waals surface area contributed by atoms with E-state index < -0.39 is 6.10 Å². The largest absolute Gasteiger partial charge is 0.385 e. The summed E-state index contributed by atoms with van der Waals surface area (Å²) >= 11 is 0. The molecule has 1 N–H and O–H groups in total. The lowest BCUT2D eigenvalue weighted by molar-refractivity contribution is -0.125. The summed E-state index contributed by atoms with van der Waals surface area (Å²) in [6, 6.07) is 0. The number of carbonyl (C=O) groups is 2. The van der Waals surface area contributed by atoms with Crippen molar-refractivity contribution in [3.63, 3.8) is 0 Å². The Morgan fingerprint density at radius 1 is 1.08 bits per heavy atom. The summed E-state index contributed by atoms with van der Waals surface area (Å²) in [5, 5.41) is 9.87. The van der Waals surface area contributed by atoms with Gasteiger partial charge in [-0.15, -0.1) is 0 Å². The van der Waals surface area contributed by atoms with Crippen LogP contribution in [0.2, 0.25) is 0 Å². The number of Topliss-reactive ketones (excluding diaryl/α,β-unsaturated/α-hetero) is 1. The van der Waals surface area contributed by atoms with Crippen molar-refractivity contribution < 1.29 is 14.7 Å². The Kier molecular flexibility index (Phi) is 7.72. The Morgan fingerprint density at radius 3 is 2.32 bits per heavy atom. The number of aliphatic hydroxyl groups is 1. The second-order valence-corrected chi connectivity index (χ2v) is 7.04. The van der Waals surface area contributed by atoms with Crippen molar-refractivity contribution in [2.24, 2.45) is 5.41 Å². The minimum atomic E-state index is -0.894. The first-order valence-electron chi connectivity index (χ1n) is 8.44. The molecule has 1 aliphatic rings. The summed E-state index contributed by atoms with van der Waals surface area (Å²) in [6.07, 6.45) is 15.2. The van der Waals surface area contributed by atoms with Crippen LogP contribution in [0.25, 0.3) is 0 Å². The summed E-state index contributed by atoms with van der Waals surface area (Å²) in [5.74, 6) is -0.176. The first-order valence-corrected chi connectivity index (χ1v) is 8.44. The van der Waals surface area contributed by atoms with E-state index in [9.17, 15) is 14.7 Å². The minimum absolute atomic E-state index is 0.176. The van der Waals surface area contributed by atoms with Crippen LogP contribution in [0.5, 0.6) is 0 Å². The van der Waals surface area contributed by atoms with E-state index in [1.54, 1.807) is 13.0 Å². The fourth-order valence-electron chi connectivity index (χ4n) is 2.86. The zero-order valence-corrected chi connectivity index (χ0v) is 15.7. The van der Waals surface area contributed by atoms with Crippen LogP contribution in [-0.4, -0.2) is 23.3 Å². The number of aliphatic hydroxyl groups excluding tert-OH is 1. The van der Waals surface area contributed by atoms with Gasteiger partial charge in [0.15, 0.2) is 5.78 Å². The molecule has 0 saturated heterocycles. The fourth-order valence-corrected chi connectivity index (χ4v) is 2.86. The molecule has 134 valence electrons. The van der Waals surface area contributed by atoms with Gasteiger partial charge in [0.2, 0.25) is 0 Å². The lowest BCUT2D eigenvalue weighted by atomic mass is 9.71. The third kappa shape index (κ3) is 6.28. The molecule has 1 atom stereocenters. The number of aldehydes is 1. The Hall–Kier alpha value is -2.26. The van der Waals surface area contributed by atoms with Crippen LogP contribution in [0.4, 0.5) is 0 Å². The molecule has 1 aliphatic carbocycles. The van der Waals surface area contributed by atoms with Crippen LogP contribution in [-0.2, 0) is 9.59 Å². The van der Waals surface area contributed by atoms with Gasteiger partial charge in [0, 0.05) is 0 Å². The van der Waals surface area contributed by atoms with Crippen molar-refractivity contribution >= 4 is 12.1 Å². The highest BCUT2D eigenvalue weighted by Crippen LogP contribution is 2.39. The van der Waals surface area contributed by atoms with Crippen molar-refractivity contribution in [2.45, 2.75) is 47.1 Å². The maximum absolute atomic E-state index is 12.0. The second kappa shape index (κ2) is 9.28. The molecular formula is C22H28O3. The smallest absolute Gasteiger partial charge is 0.187 e. The van der Waals surface area contributed by atoms with Gasteiger partial charge in [0.25, 0.3) is 0 Å². The third-order valence-electron chi connectivity index (χ3n) is 4.29. The van der Waals surface area contributed by atoms with Crippen molar-refractivity contribution in [2.75, 3.05) is 0 Å². The maximum atomic E-state index is 12.0. The molecule has 0 aliphatic heterocycles. The van der Waals surface area contributed by atoms with E-state index in [-0.39, 0.29) is 11.2 Å². The highest BCUT2D eigenvalue weighted by molar-refractivity contribution is 6.00. The molecule has 0 aromatic heterocycles. The first kappa shape index (κ1) is 20.8. The molecule has 3 nitrogen and oxygen atoms in total. The van der Waals surface area contributed by atoms with E-state index in [0.29, 0.717) is 12.0 Å². The molecule has 0 aromatic carbocycles. The van der Waals surface area contributed by atoms with E-state index in [4.69, 9.17) is 0 Å². The number of allylic oxidation sites excluding steroid dienone is 11. The average Bonchev–Trinajstić information content (AvgIpc) is 2.52. The van der Waals surface area contributed by atoms with Gasteiger partial charge in [-0.05, 0) is 49.8 Å². The van der Waals surface area contributed by atoms with Crippen LogP contribution in [0.3, 0.4) is 0 Å². The van der Waals surface area contributed by atoms with Crippen molar-refractivity contribution in [3.8, 4) is 0 Å². The zero-order chi connectivity index (χ0) is 19.0. The summed E-state index contributed by atoms with van der Waals surface area (Å²) in [6.45, 7) is 9.83. The third-order valence-corrected chi connectivity index (χ3v) is 4.29. The number of ketones is 1. The average molecular weight is 340 g/mol. The summed E-state index contributed by atoms with van der Waals surface area (Å²) in [4.78, 5) is 22.2. The van der Waals surface area contributed by atoms with Crippen molar-refractivity contribution in [1.29, 1.82) is 0 Å². The van der Waals surface area contributed by atoms with E-state index in [1.165, 1.54) is 6.08 Å². The van der Waals surface area contributed by atoms with Gasteiger partial charge in [-0.25, -0.2) is 0 Å². The molecule has 0 amide bonds. The quantitative estimate of drug-likeness (QED) is 0.442. The Bertz CT molecular complexity index is 695. The van der Waals surface area contributed by atoms with Crippen molar-refractivity contribution in [3.05, 3.63) is 70.9 Å². The van der Waals surface area contributed by atoms with Gasteiger partial charge in [-0.1, -0.05) is 67.5 Å². The number of carbonyl (C=O) groups excluding carboxylic acids is 2. The van der Waals surface area contributed by atoms with Gasteiger partial charge in [0.1, 0.15) is 12.4 Å². The highest BCUT2D eigenvalue weighted by atomic mass is 16.3. The molecule has 1 rings (SSSR count). The van der Waals surface area contributed by atoms with Gasteiger partial charge >= 0.3 is 0 Å². The molecule has 25 heavy (non-hydrogen) atoms. The Balaban J connectivity index is 2.89. The number of rotatable bonds is 6. The van der Waals surface area contributed by atoms with E-state index >= 15 is 0 Å². The van der Waals surface area contributed by atoms with Crippen LogP contribution < -0.4 is 0 Å². The summed E-state index contributed by atoms with van der Waals surface area (Å²) in [5.41, 5.74) is 3.49. The van der Waals surface area contributed by atoms with E-state index in [0.717, 1.165) is 23.0 Å². The maximum Gasteiger partial charge on any atom is 0.187 e. The summed E-state index contributed by atoms with van der Waals surface area (Å²) in [7, 11) is 0. The van der Waals surface area contributed by atoms with Crippen molar-refractivity contribution in [1.82, 2.24) is 0 Å². The Labute approximate surface area is 150 Å². The number of hydrogen-bond acceptors (Lipinski definition) is 3. The van der Waals surface area contributed by atoms with Gasteiger partial charge in [0.05, 0.1) is 0 Å². The molecule has 0 saturated carbocycles. The molecule has 0 spiro atoms. The molecule has 0 radical (unpaired) electrons. The zero-order valence-electron chi connectivity index (χ0n) is 15.7.